The van der Waals surface area contributed by atoms with E-state index in [9.17, 15) is 0 Å². The van der Waals surface area contributed by atoms with Crippen LogP contribution in [0.15, 0.2) is 22.9 Å². The van der Waals surface area contributed by atoms with Gasteiger partial charge in [0.25, 0.3) is 0 Å². The fourth-order valence-electron chi connectivity index (χ4n) is 1.64. The van der Waals surface area contributed by atoms with Gasteiger partial charge in [0.2, 0.25) is 12.3 Å². The van der Waals surface area contributed by atoms with Crippen LogP contribution in [0.25, 0.3) is 11.0 Å². The molecule has 0 bridgehead atoms. The van der Waals surface area contributed by atoms with Crippen LogP contribution in [-0.4, -0.2) is 28.5 Å². The van der Waals surface area contributed by atoms with Gasteiger partial charge in [-0.05, 0) is 28.9 Å². The third-order valence-corrected chi connectivity index (χ3v) is 2.82. The van der Waals surface area contributed by atoms with E-state index in [-0.39, 0.29) is 5.90 Å². The summed E-state index contributed by atoms with van der Waals surface area (Å²) in [7, 11) is 1.91. The number of rotatable bonds is 3. The Kier molecular flexibility index (Phi) is 6.13. The van der Waals surface area contributed by atoms with Crippen molar-refractivity contribution in [3.63, 3.8) is 0 Å². The van der Waals surface area contributed by atoms with Crippen LogP contribution in [0.2, 0.25) is 0 Å². The average molecular weight is 342 g/mol. The first-order chi connectivity index (χ1) is 9.54. The van der Waals surface area contributed by atoms with Crippen molar-refractivity contribution < 1.29 is 9.53 Å². The molecule has 0 aromatic carbocycles. The quantitative estimate of drug-likeness (QED) is 0.195. The third-order valence-electron chi connectivity index (χ3n) is 2.38. The Labute approximate surface area is 124 Å². The minimum absolute atomic E-state index is 0.188. The van der Waals surface area contributed by atoms with Crippen LogP contribution in [0.4, 0.5) is 0 Å². The number of amides is 1. The highest BCUT2D eigenvalue weighted by Crippen LogP contribution is 2.22. The number of hydrogen-bond donors (Lipinski definition) is 3. The number of aromatic nitrogens is 2. The van der Waals surface area contributed by atoms with Crippen molar-refractivity contribution in [3.05, 3.63) is 28.5 Å². The van der Waals surface area contributed by atoms with Crippen molar-refractivity contribution in [2.24, 2.45) is 12.9 Å². The number of ether oxygens (including phenoxy) is 1. The highest BCUT2D eigenvalue weighted by Gasteiger charge is 2.12. The van der Waals surface area contributed by atoms with Crippen LogP contribution < -0.4 is 11.3 Å². The summed E-state index contributed by atoms with van der Waals surface area (Å²) in [6.07, 6.45) is 4.01. The maximum Gasteiger partial charge on any atom is 0.221 e. The Morgan fingerprint density at radius 1 is 1.70 bits per heavy atom. The van der Waals surface area contributed by atoms with Gasteiger partial charge in [-0.15, -0.1) is 0 Å². The molecule has 0 atom stereocenters. The van der Waals surface area contributed by atoms with Gasteiger partial charge in [0.1, 0.15) is 5.65 Å². The summed E-state index contributed by atoms with van der Waals surface area (Å²) < 4.78 is 8.01. The Bertz CT molecular complexity index is 611. The van der Waals surface area contributed by atoms with Crippen molar-refractivity contribution in [1.29, 1.82) is 5.41 Å². The van der Waals surface area contributed by atoms with E-state index in [1.54, 1.807) is 11.6 Å². The molecule has 2 rings (SSSR count). The smallest absolute Gasteiger partial charge is 0.221 e. The number of nitrogens with zero attached hydrogens (tertiary/aromatic N) is 2. The first-order valence-corrected chi connectivity index (χ1v) is 6.56. The van der Waals surface area contributed by atoms with E-state index in [0.29, 0.717) is 13.0 Å². The zero-order valence-corrected chi connectivity index (χ0v) is 12.8. The van der Waals surface area contributed by atoms with Gasteiger partial charge in [0.15, 0.2) is 0 Å². The van der Waals surface area contributed by atoms with Gasteiger partial charge < -0.3 is 9.30 Å². The molecule has 0 saturated carbocycles. The molecule has 4 N–H and O–H groups in total. The number of carbonyl (C=O) groups excluding carboxylic acids is 1. The van der Waals surface area contributed by atoms with Gasteiger partial charge >= 0.3 is 0 Å². The molecule has 0 radical (unpaired) electrons. The number of halogens is 1. The lowest BCUT2D eigenvalue weighted by molar-refractivity contribution is -0.109. The molecule has 2 heterocycles. The molecule has 0 aliphatic carbocycles. The molecular weight excluding hydrogens is 326 g/mol. The van der Waals surface area contributed by atoms with Gasteiger partial charge in [-0.25, -0.2) is 10.8 Å². The van der Waals surface area contributed by atoms with Crippen molar-refractivity contribution in [3.8, 4) is 0 Å². The molecule has 7 nitrogen and oxygen atoms in total. The average Bonchev–Trinajstić information content (AvgIpc) is 2.76. The first kappa shape index (κ1) is 16.1. The van der Waals surface area contributed by atoms with Crippen LogP contribution in [-0.2, 0) is 16.6 Å². The number of nitrogens with one attached hydrogen (secondary N) is 2. The number of carbonyl (C=O) groups is 1. The van der Waals surface area contributed by atoms with E-state index in [1.165, 1.54) is 0 Å². The predicted molar refractivity (Wildman–Crippen MR) is 80.3 cm³/mol. The van der Waals surface area contributed by atoms with Crippen molar-refractivity contribution in [2.75, 3.05) is 6.61 Å². The Balaban J connectivity index is 0.000000444. The highest BCUT2D eigenvalue weighted by atomic mass is 79.9. The summed E-state index contributed by atoms with van der Waals surface area (Å²) in [5.41, 5.74) is 3.37. The lowest BCUT2D eigenvalue weighted by atomic mass is 10.2. The summed E-state index contributed by atoms with van der Waals surface area (Å²) in [5, 5.41) is 8.74. The van der Waals surface area contributed by atoms with Gasteiger partial charge in [-0.1, -0.05) is 0 Å². The van der Waals surface area contributed by atoms with Gasteiger partial charge in [-0.2, -0.15) is 0 Å². The van der Waals surface area contributed by atoms with Crippen LogP contribution >= 0.6 is 15.9 Å². The largest absolute Gasteiger partial charge is 0.478 e. The maximum atomic E-state index is 8.94. The normalized spacial score (nSPS) is 9.60. The summed E-state index contributed by atoms with van der Waals surface area (Å²) in [6.45, 7) is 2.37. The van der Waals surface area contributed by atoms with E-state index in [0.717, 1.165) is 21.1 Å². The Morgan fingerprint density at radius 2 is 2.35 bits per heavy atom. The second-order valence-electron chi connectivity index (χ2n) is 3.73. The van der Waals surface area contributed by atoms with Crippen LogP contribution in [0.1, 0.15) is 12.5 Å². The minimum atomic E-state index is 0.188. The molecule has 0 unspecified atom stereocenters. The molecule has 2 aromatic heterocycles. The number of fused-ring (bicyclic) bond motifs is 1. The number of aryl methyl sites for hydroxylation is 1. The van der Waals surface area contributed by atoms with E-state index in [4.69, 9.17) is 14.9 Å². The Morgan fingerprint density at radius 3 is 2.90 bits per heavy atom. The SMILES string of the molecule is CCOC(=N)c1cn(C)c2ncc(Br)cc12.NNC=O. The monoisotopic (exact) mass is 341 g/mol. The van der Waals surface area contributed by atoms with Crippen LogP contribution in [0.3, 0.4) is 0 Å². The highest BCUT2D eigenvalue weighted by molar-refractivity contribution is 9.10. The first-order valence-electron chi connectivity index (χ1n) is 5.77. The molecule has 0 aliphatic heterocycles. The fourth-order valence-corrected chi connectivity index (χ4v) is 1.97. The topological polar surface area (TPSA) is 106 Å². The van der Waals surface area contributed by atoms with Crippen LogP contribution in [0.5, 0.6) is 0 Å². The summed E-state index contributed by atoms with van der Waals surface area (Å²) >= 11 is 3.38. The number of nitrogens with two attached hydrogens (primary N) is 1. The molecule has 0 aliphatic rings. The predicted octanol–water partition coefficient (Wildman–Crippen LogP) is 1.30. The zero-order chi connectivity index (χ0) is 15.1. The van der Waals surface area contributed by atoms with Gasteiger partial charge in [-0.3, -0.25) is 15.6 Å². The van der Waals surface area contributed by atoms with Gasteiger partial charge in [0.05, 0.1) is 12.2 Å². The summed E-state index contributed by atoms with van der Waals surface area (Å²) in [5.74, 6) is 4.60. The lowest BCUT2D eigenvalue weighted by Crippen LogP contribution is -2.18. The van der Waals surface area contributed by atoms with E-state index >= 15 is 0 Å². The molecule has 0 saturated heterocycles. The fraction of sp³-hybridized carbons (Fsp3) is 0.250. The third kappa shape index (κ3) is 3.78. The molecule has 0 spiro atoms. The standard InChI is InChI=1S/C11H12BrN3O.CH4N2O/c1-3-16-10(13)9-6-15(2)11-8(9)4-7(12)5-14-11;2-3-1-4/h4-6,13H,3H2,1-2H3;1H,2H2,(H,3,4). The molecule has 108 valence electrons. The summed E-state index contributed by atoms with van der Waals surface area (Å²) in [4.78, 5) is 13.2. The van der Waals surface area contributed by atoms with E-state index in [1.807, 2.05) is 30.8 Å². The number of pyridine rings is 1. The summed E-state index contributed by atoms with van der Waals surface area (Å²) in [6, 6.07) is 1.95. The van der Waals surface area contributed by atoms with Crippen molar-refractivity contribution in [1.82, 2.24) is 15.0 Å². The minimum Gasteiger partial charge on any atom is -0.478 e. The molecule has 20 heavy (non-hydrogen) atoms. The lowest BCUT2D eigenvalue weighted by Gasteiger charge is -2.02. The van der Waals surface area contributed by atoms with E-state index < -0.39 is 0 Å². The molecule has 8 heteroatoms. The van der Waals surface area contributed by atoms with E-state index in [2.05, 4.69) is 26.8 Å². The number of hydrazine groups is 1. The maximum absolute atomic E-state index is 8.94. The van der Waals surface area contributed by atoms with Crippen molar-refractivity contribution in [2.45, 2.75) is 6.92 Å². The Hall–Kier alpha value is -1.93. The zero-order valence-electron chi connectivity index (χ0n) is 11.2. The van der Waals surface area contributed by atoms with Crippen LogP contribution in [0, 0.1) is 5.41 Å². The second kappa shape index (κ2) is 7.61. The molecule has 1 amide bonds. The number of hydrogen-bond acceptors (Lipinski definition) is 5. The molecule has 0 fully saturated rings. The molecule has 2 aromatic rings. The van der Waals surface area contributed by atoms with Crippen molar-refractivity contribution >= 4 is 39.3 Å². The second-order valence-corrected chi connectivity index (χ2v) is 4.64. The van der Waals surface area contributed by atoms with Gasteiger partial charge in [0, 0.05) is 29.3 Å². The molecular formula is C12H16BrN5O2.